The molecule has 3 heteroatoms. The van der Waals surface area contributed by atoms with Crippen molar-refractivity contribution in [1.82, 2.24) is 0 Å². The van der Waals surface area contributed by atoms with Crippen molar-refractivity contribution in [3.63, 3.8) is 0 Å². The summed E-state index contributed by atoms with van der Waals surface area (Å²) >= 11 is 0. The van der Waals surface area contributed by atoms with Crippen molar-refractivity contribution >= 4 is 17.9 Å². The van der Waals surface area contributed by atoms with Gasteiger partial charge in [-0.1, -0.05) is 54.6 Å². The Bertz CT molecular complexity index is 851. The summed E-state index contributed by atoms with van der Waals surface area (Å²) in [7, 11) is 1.66. The molecule has 1 aromatic heterocycles. The molecule has 0 atom stereocenters. The molecule has 3 rings (SSSR count). The number of nitrogens with zero attached hydrogens (tertiary/aromatic N) is 1. The van der Waals surface area contributed by atoms with Gasteiger partial charge in [-0.3, -0.25) is 4.79 Å². The van der Waals surface area contributed by atoms with E-state index in [0.29, 0.717) is 6.54 Å². The van der Waals surface area contributed by atoms with E-state index in [1.54, 1.807) is 7.11 Å². The molecule has 0 unspecified atom stereocenters. The fourth-order valence-corrected chi connectivity index (χ4v) is 2.47. The van der Waals surface area contributed by atoms with E-state index in [-0.39, 0.29) is 5.78 Å². The first-order valence-electron chi connectivity index (χ1n) is 8.14. The lowest BCUT2D eigenvalue weighted by atomic mass is 10.1. The molecule has 3 aromatic rings. The van der Waals surface area contributed by atoms with Gasteiger partial charge in [-0.05, 0) is 23.3 Å². The summed E-state index contributed by atoms with van der Waals surface area (Å²) in [5.41, 5.74) is 2.93. The summed E-state index contributed by atoms with van der Waals surface area (Å²) < 4.78 is 7.04. The fourth-order valence-electron chi connectivity index (χ4n) is 2.47. The van der Waals surface area contributed by atoms with Crippen molar-refractivity contribution in [1.29, 1.82) is 0 Å². The van der Waals surface area contributed by atoms with Gasteiger partial charge in [0.1, 0.15) is 5.75 Å². The van der Waals surface area contributed by atoms with E-state index < -0.39 is 0 Å². The SMILES string of the molecule is COc1ccc(/C=C/c2cc[n+](CC(=O)c3ccccc3)cc2)cc1. The summed E-state index contributed by atoms with van der Waals surface area (Å²) in [5, 5.41) is 0. The van der Waals surface area contributed by atoms with E-state index in [2.05, 4.69) is 0 Å². The summed E-state index contributed by atoms with van der Waals surface area (Å²) in [6, 6.07) is 21.2. The number of rotatable bonds is 6. The molecule has 0 radical (unpaired) electrons. The molecule has 124 valence electrons. The number of Topliss-reactive ketones (excluding diaryl/α,β-unsaturated/α-hetero) is 1. The lowest BCUT2D eigenvalue weighted by Gasteiger charge is -2.00. The van der Waals surface area contributed by atoms with Gasteiger partial charge < -0.3 is 4.74 Å². The van der Waals surface area contributed by atoms with Crippen LogP contribution in [0.4, 0.5) is 0 Å². The van der Waals surface area contributed by atoms with Crippen LogP contribution in [0.1, 0.15) is 21.5 Å². The van der Waals surface area contributed by atoms with Crippen LogP contribution in [-0.2, 0) is 6.54 Å². The molecule has 0 amide bonds. The Morgan fingerprint density at radius 3 is 2.08 bits per heavy atom. The number of ketones is 1. The average Bonchev–Trinajstić information content (AvgIpc) is 2.68. The zero-order chi connectivity index (χ0) is 17.5. The highest BCUT2D eigenvalue weighted by molar-refractivity contribution is 5.94. The maximum Gasteiger partial charge on any atom is 0.227 e. The summed E-state index contributed by atoms with van der Waals surface area (Å²) in [6.45, 7) is 0.340. The molecule has 0 saturated carbocycles. The van der Waals surface area contributed by atoms with Crippen LogP contribution in [0.2, 0.25) is 0 Å². The number of aromatic nitrogens is 1. The van der Waals surface area contributed by atoms with Crippen LogP contribution in [0.5, 0.6) is 5.75 Å². The Balaban J connectivity index is 1.63. The Kier molecular flexibility index (Phi) is 5.37. The molecule has 0 aliphatic carbocycles. The summed E-state index contributed by atoms with van der Waals surface area (Å²) in [4.78, 5) is 12.2. The van der Waals surface area contributed by atoms with Crippen molar-refractivity contribution in [2.24, 2.45) is 0 Å². The minimum atomic E-state index is 0.104. The largest absolute Gasteiger partial charge is 0.497 e. The Hall–Kier alpha value is -3.20. The third-order valence-corrected chi connectivity index (χ3v) is 3.92. The number of pyridine rings is 1. The topological polar surface area (TPSA) is 30.2 Å². The third-order valence-electron chi connectivity index (χ3n) is 3.92. The highest BCUT2D eigenvalue weighted by Gasteiger charge is 2.10. The first-order valence-corrected chi connectivity index (χ1v) is 8.14. The molecule has 0 spiro atoms. The average molecular weight is 330 g/mol. The molecular formula is C22H20NO2+. The Labute approximate surface area is 147 Å². The minimum absolute atomic E-state index is 0.104. The Morgan fingerprint density at radius 1 is 0.880 bits per heavy atom. The van der Waals surface area contributed by atoms with Crippen molar-refractivity contribution in [3.8, 4) is 5.75 Å². The van der Waals surface area contributed by atoms with Crippen LogP contribution in [0.15, 0.2) is 79.1 Å². The summed E-state index contributed by atoms with van der Waals surface area (Å²) in [6.07, 6.45) is 7.95. The fraction of sp³-hybridized carbons (Fsp3) is 0.0909. The van der Waals surface area contributed by atoms with Crippen molar-refractivity contribution < 1.29 is 14.1 Å². The van der Waals surface area contributed by atoms with Crippen molar-refractivity contribution in [2.45, 2.75) is 6.54 Å². The number of ether oxygens (including phenoxy) is 1. The lowest BCUT2D eigenvalue weighted by molar-refractivity contribution is -0.683. The highest BCUT2D eigenvalue weighted by atomic mass is 16.5. The van der Waals surface area contributed by atoms with Gasteiger partial charge in [-0.2, -0.15) is 4.57 Å². The number of hydrogen-bond acceptors (Lipinski definition) is 2. The monoisotopic (exact) mass is 330 g/mol. The first-order chi connectivity index (χ1) is 12.2. The van der Waals surface area contributed by atoms with Gasteiger partial charge >= 0.3 is 0 Å². The van der Waals surface area contributed by atoms with Crippen LogP contribution in [0.3, 0.4) is 0 Å². The second kappa shape index (κ2) is 8.06. The second-order valence-corrected chi connectivity index (χ2v) is 5.70. The zero-order valence-electron chi connectivity index (χ0n) is 14.1. The molecule has 0 saturated heterocycles. The smallest absolute Gasteiger partial charge is 0.227 e. The van der Waals surface area contributed by atoms with E-state index >= 15 is 0 Å². The van der Waals surface area contributed by atoms with Gasteiger partial charge in [0.2, 0.25) is 12.3 Å². The van der Waals surface area contributed by atoms with Gasteiger partial charge in [-0.15, -0.1) is 0 Å². The minimum Gasteiger partial charge on any atom is -0.497 e. The number of hydrogen-bond donors (Lipinski definition) is 0. The van der Waals surface area contributed by atoms with Crippen molar-refractivity contribution in [3.05, 3.63) is 95.8 Å². The van der Waals surface area contributed by atoms with E-state index in [1.807, 2.05) is 95.8 Å². The van der Waals surface area contributed by atoms with Gasteiger partial charge in [-0.25, -0.2) is 0 Å². The molecule has 0 fully saturated rings. The van der Waals surface area contributed by atoms with Gasteiger partial charge in [0.05, 0.1) is 7.11 Å². The molecule has 0 aliphatic heterocycles. The number of carbonyl (C=O) groups is 1. The van der Waals surface area contributed by atoms with E-state index in [1.165, 1.54) is 0 Å². The number of benzene rings is 2. The van der Waals surface area contributed by atoms with Crippen molar-refractivity contribution in [2.75, 3.05) is 7.11 Å². The first kappa shape index (κ1) is 16.7. The second-order valence-electron chi connectivity index (χ2n) is 5.70. The standard InChI is InChI=1S/C22H20NO2/c1-25-21-11-9-18(10-12-21)7-8-19-13-15-23(16-14-19)17-22(24)20-5-3-2-4-6-20/h2-16H,17H2,1H3/q+1/b8-7+. The van der Waals surface area contributed by atoms with Gasteiger partial charge in [0.25, 0.3) is 0 Å². The molecule has 25 heavy (non-hydrogen) atoms. The highest BCUT2D eigenvalue weighted by Crippen LogP contribution is 2.13. The van der Waals surface area contributed by atoms with Crippen LogP contribution < -0.4 is 9.30 Å². The van der Waals surface area contributed by atoms with E-state index in [4.69, 9.17) is 4.74 Å². The van der Waals surface area contributed by atoms with Crippen LogP contribution >= 0.6 is 0 Å². The maximum atomic E-state index is 12.2. The lowest BCUT2D eigenvalue weighted by Crippen LogP contribution is -2.37. The normalized spacial score (nSPS) is 10.8. The molecule has 0 aliphatic rings. The zero-order valence-corrected chi connectivity index (χ0v) is 14.1. The quantitative estimate of drug-likeness (QED) is 0.504. The van der Waals surface area contributed by atoms with E-state index in [0.717, 1.165) is 22.4 Å². The molecule has 3 nitrogen and oxygen atoms in total. The summed E-state index contributed by atoms with van der Waals surface area (Å²) in [5.74, 6) is 0.952. The van der Waals surface area contributed by atoms with Crippen LogP contribution in [0.25, 0.3) is 12.2 Å². The van der Waals surface area contributed by atoms with Crippen LogP contribution in [0, 0.1) is 0 Å². The predicted octanol–water partition coefficient (Wildman–Crippen LogP) is 4.04. The van der Waals surface area contributed by atoms with E-state index in [9.17, 15) is 4.79 Å². The molecular weight excluding hydrogens is 310 g/mol. The molecule has 0 N–H and O–H groups in total. The molecule has 0 bridgehead atoms. The number of methoxy groups -OCH3 is 1. The van der Waals surface area contributed by atoms with Crippen LogP contribution in [-0.4, -0.2) is 12.9 Å². The Morgan fingerprint density at radius 2 is 1.48 bits per heavy atom. The predicted molar refractivity (Wildman–Crippen MR) is 99.3 cm³/mol. The van der Waals surface area contributed by atoms with Gasteiger partial charge in [0.15, 0.2) is 12.4 Å². The van der Waals surface area contributed by atoms with Gasteiger partial charge in [0, 0.05) is 17.7 Å². The molecule has 2 aromatic carbocycles. The third kappa shape index (κ3) is 4.64. The number of carbonyl (C=O) groups excluding carboxylic acids is 1. The molecule has 1 heterocycles. The maximum absolute atomic E-state index is 12.2.